The van der Waals surface area contributed by atoms with E-state index in [1.54, 1.807) is 18.2 Å². The van der Waals surface area contributed by atoms with Crippen molar-refractivity contribution >= 4 is 15.9 Å². The topological polar surface area (TPSA) is 103 Å². The summed E-state index contributed by atoms with van der Waals surface area (Å²) < 4.78 is 42.4. The third-order valence-corrected chi connectivity index (χ3v) is 5.54. The number of carbonyl (C=O) groups excluding carboxylic acids is 1. The van der Waals surface area contributed by atoms with Crippen molar-refractivity contribution in [2.75, 3.05) is 26.1 Å². The van der Waals surface area contributed by atoms with E-state index in [1.165, 1.54) is 0 Å². The van der Waals surface area contributed by atoms with Crippen molar-refractivity contribution in [2.45, 2.75) is 24.6 Å². The molecule has 1 saturated heterocycles. The fourth-order valence-corrected chi connectivity index (χ4v) is 4.55. The lowest BCUT2D eigenvalue weighted by molar-refractivity contribution is -0.0194. The lowest BCUT2D eigenvalue weighted by Gasteiger charge is -2.47. The minimum atomic E-state index is -3.40. The van der Waals surface area contributed by atoms with Gasteiger partial charge in [0.15, 0.2) is 11.5 Å². The van der Waals surface area contributed by atoms with Crippen molar-refractivity contribution in [1.29, 1.82) is 0 Å². The number of amides is 1. The Kier molecular flexibility index (Phi) is 4.09. The van der Waals surface area contributed by atoms with E-state index in [4.69, 9.17) is 14.2 Å². The van der Waals surface area contributed by atoms with Gasteiger partial charge in [-0.15, -0.1) is 0 Å². The van der Waals surface area contributed by atoms with Gasteiger partial charge in [-0.3, -0.25) is 4.79 Å². The van der Waals surface area contributed by atoms with Crippen molar-refractivity contribution in [3.05, 3.63) is 23.8 Å². The highest BCUT2D eigenvalue weighted by molar-refractivity contribution is 7.88. The monoisotopic (exact) mass is 368 g/mol. The van der Waals surface area contributed by atoms with E-state index >= 15 is 0 Å². The number of carbonyl (C=O) groups is 1. The quantitative estimate of drug-likeness (QED) is 0.769. The van der Waals surface area contributed by atoms with Crippen LogP contribution >= 0.6 is 0 Å². The molecule has 1 saturated carbocycles. The number of sulfonamides is 1. The summed E-state index contributed by atoms with van der Waals surface area (Å²) in [6, 6.07) is 4.39. The third kappa shape index (κ3) is 3.07. The first-order valence-electron chi connectivity index (χ1n) is 8.22. The minimum Gasteiger partial charge on any atom is -0.486 e. The molecule has 2 N–H and O–H groups in total. The van der Waals surface area contributed by atoms with E-state index < -0.39 is 16.1 Å². The van der Waals surface area contributed by atoms with Crippen LogP contribution in [-0.2, 0) is 14.8 Å². The zero-order chi connectivity index (χ0) is 17.6. The average molecular weight is 368 g/mol. The molecule has 0 bridgehead atoms. The molecule has 4 atom stereocenters. The van der Waals surface area contributed by atoms with Crippen LogP contribution in [0.3, 0.4) is 0 Å². The van der Waals surface area contributed by atoms with Crippen LogP contribution in [0.4, 0.5) is 0 Å². The van der Waals surface area contributed by atoms with Gasteiger partial charge in [0.2, 0.25) is 10.0 Å². The lowest BCUT2D eigenvalue weighted by Crippen LogP contribution is -2.70. The molecular formula is C16H20N2O6S. The van der Waals surface area contributed by atoms with Crippen molar-refractivity contribution in [3.8, 4) is 11.5 Å². The first-order valence-corrected chi connectivity index (χ1v) is 10.1. The van der Waals surface area contributed by atoms with Crippen LogP contribution in [0.15, 0.2) is 18.2 Å². The largest absolute Gasteiger partial charge is 0.486 e. The van der Waals surface area contributed by atoms with Crippen LogP contribution in [0.25, 0.3) is 0 Å². The van der Waals surface area contributed by atoms with E-state index in [2.05, 4.69) is 10.0 Å². The summed E-state index contributed by atoms with van der Waals surface area (Å²) in [7, 11) is -3.40. The Hall–Kier alpha value is -1.84. The highest BCUT2D eigenvalue weighted by Crippen LogP contribution is 2.40. The maximum atomic E-state index is 12.8. The summed E-state index contributed by atoms with van der Waals surface area (Å²) >= 11 is 0. The average Bonchev–Trinajstić information content (AvgIpc) is 3.01. The zero-order valence-corrected chi connectivity index (χ0v) is 14.5. The van der Waals surface area contributed by atoms with Crippen LogP contribution < -0.4 is 19.5 Å². The molecule has 0 radical (unpaired) electrons. The molecule has 1 aliphatic carbocycles. The standard InChI is InChI=1S/C16H20N2O6S/c1-25(20,21)18-13-12(9-5-6-23-15(9)13)17-16(19)10-3-2-4-11-14(10)24-8-7-22-11/h2-4,9,12-13,15,18H,5-8H2,1H3,(H,17,19)/t9-,12+,13-,15-/m1/s1. The number of benzene rings is 1. The van der Waals surface area contributed by atoms with Crippen LogP contribution in [0.2, 0.25) is 0 Å². The number of hydrogen-bond acceptors (Lipinski definition) is 6. The van der Waals surface area contributed by atoms with Crippen LogP contribution in [0.1, 0.15) is 16.8 Å². The van der Waals surface area contributed by atoms with Crippen LogP contribution in [0, 0.1) is 5.92 Å². The normalized spacial score (nSPS) is 30.3. The summed E-state index contributed by atoms with van der Waals surface area (Å²) in [5.74, 6) is 0.774. The predicted molar refractivity (Wildman–Crippen MR) is 88.3 cm³/mol. The Balaban J connectivity index is 1.54. The van der Waals surface area contributed by atoms with Gasteiger partial charge in [-0.1, -0.05) is 6.07 Å². The lowest BCUT2D eigenvalue weighted by atomic mass is 9.72. The van der Waals surface area contributed by atoms with Gasteiger partial charge in [0, 0.05) is 12.5 Å². The van der Waals surface area contributed by atoms with Crippen molar-refractivity contribution in [1.82, 2.24) is 10.0 Å². The molecule has 9 heteroatoms. The number of hydrogen-bond donors (Lipinski definition) is 2. The smallest absolute Gasteiger partial charge is 0.255 e. The second-order valence-electron chi connectivity index (χ2n) is 6.53. The molecule has 0 spiro atoms. The van der Waals surface area contributed by atoms with Crippen LogP contribution in [-0.4, -0.2) is 58.6 Å². The number of fused-ring (bicyclic) bond motifs is 2. The van der Waals surface area contributed by atoms with Crippen molar-refractivity contribution < 1.29 is 27.4 Å². The molecule has 1 aromatic rings. The van der Waals surface area contributed by atoms with E-state index in [0.717, 1.165) is 12.7 Å². The minimum absolute atomic E-state index is 0.111. The van der Waals surface area contributed by atoms with Gasteiger partial charge in [0.05, 0.1) is 30.0 Å². The maximum Gasteiger partial charge on any atom is 0.255 e. The Morgan fingerprint density at radius 1 is 1.16 bits per heavy atom. The summed E-state index contributed by atoms with van der Waals surface area (Å²) in [6.45, 7) is 1.40. The van der Waals surface area contributed by atoms with E-state index in [1.807, 2.05) is 0 Å². The highest BCUT2D eigenvalue weighted by Gasteiger charge is 2.55. The fourth-order valence-electron chi connectivity index (χ4n) is 3.77. The van der Waals surface area contributed by atoms with Gasteiger partial charge in [0.25, 0.3) is 5.91 Å². The molecule has 25 heavy (non-hydrogen) atoms. The molecule has 1 amide bonds. The van der Waals surface area contributed by atoms with Gasteiger partial charge < -0.3 is 19.5 Å². The summed E-state index contributed by atoms with van der Waals surface area (Å²) in [6.07, 6.45) is 1.71. The van der Waals surface area contributed by atoms with Crippen LogP contribution in [0.5, 0.6) is 11.5 Å². The molecule has 2 aliphatic heterocycles. The Bertz CT molecular complexity index is 796. The fraction of sp³-hybridized carbons (Fsp3) is 0.562. The molecule has 2 heterocycles. The molecule has 1 aromatic carbocycles. The maximum absolute atomic E-state index is 12.8. The second-order valence-corrected chi connectivity index (χ2v) is 8.31. The number of rotatable bonds is 4. The Labute approximate surface area is 145 Å². The van der Waals surface area contributed by atoms with Gasteiger partial charge in [-0.2, -0.15) is 0 Å². The number of ether oxygens (including phenoxy) is 3. The molecule has 4 rings (SSSR count). The molecule has 2 fully saturated rings. The summed E-state index contributed by atoms with van der Waals surface area (Å²) in [4.78, 5) is 12.8. The second kappa shape index (κ2) is 6.15. The molecular weight excluding hydrogens is 348 g/mol. The predicted octanol–water partition coefficient (Wildman–Crippen LogP) is -0.107. The first kappa shape index (κ1) is 16.6. The molecule has 0 aromatic heterocycles. The van der Waals surface area contributed by atoms with Crippen molar-refractivity contribution in [3.63, 3.8) is 0 Å². The third-order valence-electron chi connectivity index (χ3n) is 4.84. The van der Waals surface area contributed by atoms with Gasteiger partial charge in [-0.25, -0.2) is 13.1 Å². The van der Waals surface area contributed by atoms with Gasteiger partial charge >= 0.3 is 0 Å². The molecule has 0 unspecified atom stereocenters. The summed E-state index contributed by atoms with van der Waals surface area (Å²) in [5, 5.41) is 2.95. The SMILES string of the molecule is CS(=O)(=O)N[C@@H]1[C@@H](NC(=O)c2cccc3c2OCCO3)[C@H]2CCO[C@H]21. The number of nitrogens with one attached hydrogen (secondary N) is 2. The molecule has 136 valence electrons. The zero-order valence-electron chi connectivity index (χ0n) is 13.7. The Morgan fingerprint density at radius 2 is 1.96 bits per heavy atom. The van der Waals surface area contributed by atoms with E-state index in [-0.39, 0.29) is 24.0 Å². The molecule has 8 nitrogen and oxygen atoms in total. The van der Waals surface area contributed by atoms with E-state index in [9.17, 15) is 13.2 Å². The van der Waals surface area contributed by atoms with Gasteiger partial charge in [-0.05, 0) is 18.6 Å². The van der Waals surface area contributed by atoms with E-state index in [0.29, 0.717) is 36.9 Å². The van der Waals surface area contributed by atoms with Gasteiger partial charge in [0.1, 0.15) is 13.2 Å². The Morgan fingerprint density at radius 3 is 2.76 bits per heavy atom. The molecule has 3 aliphatic rings. The van der Waals surface area contributed by atoms with Crippen molar-refractivity contribution in [2.24, 2.45) is 5.92 Å². The summed E-state index contributed by atoms with van der Waals surface area (Å²) in [5.41, 5.74) is 0.387. The first-order chi connectivity index (χ1) is 11.9. The number of para-hydroxylation sites is 1. The highest BCUT2D eigenvalue weighted by atomic mass is 32.2.